The van der Waals surface area contributed by atoms with Gasteiger partial charge in [-0.2, -0.15) is 0 Å². The molecule has 0 aromatic rings. The Morgan fingerprint density at radius 2 is 1.63 bits per heavy atom. The maximum atomic E-state index is 11.7. The lowest BCUT2D eigenvalue weighted by Gasteiger charge is -2.46. The fourth-order valence-electron chi connectivity index (χ4n) is 3.74. The monoisotopic (exact) mass is 266 g/mol. The Hall–Kier alpha value is -0.410. The van der Waals surface area contributed by atoms with Gasteiger partial charge in [-0.25, -0.2) is 0 Å². The first-order valence-electron chi connectivity index (χ1n) is 7.86. The van der Waals surface area contributed by atoms with Crippen LogP contribution >= 0.6 is 0 Å². The molecule has 0 radical (unpaired) electrons. The molecule has 0 bridgehead atoms. The fourth-order valence-corrected chi connectivity index (χ4v) is 3.74. The zero-order chi connectivity index (χ0) is 14.0. The number of hydrogen-bond acceptors (Lipinski definition) is 3. The second kappa shape index (κ2) is 5.92. The van der Waals surface area contributed by atoms with E-state index in [1.807, 2.05) is 0 Å². The topological polar surface area (TPSA) is 23.6 Å². The normalized spacial score (nSPS) is 42.2. The van der Waals surface area contributed by atoms with Gasteiger partial charge in [0.2, 0.25) is 0 Å². The number of piperazine rings is 1. The molecule has 0 aromatic heterocycles. The van der Waals surface area contributed by atoms with E-state index in [9.17, 15) is 4.79 Å². The lowest BCUT2D eigenvalue weighted by atomic mass is 9.71. The molecule has 0 amide bonds. The van der Waals surface area contributed by atoms with E-state index in [0.717, 1.165) is 38.4 Å². The lowest BCUT2D eigenvalue weighted by Crippen LogP contribution is -2.57. The number of rotatable bonds is 3. The summed E-state index contributed by atoms with van der Waals surface area (Å²) < 4.78 is 0. The van der Waals surface area contributed by atoms with Gasteiger partial charge in [-0.15, -0.1) is 0 Å². The predicted molar refractivity (Wildman–Crippen MR) is 79.3 cm³/mol. The van der Waals surface area contributed by atoms with Crippen LogP contribution in [0.4, 0.5) is 0 Å². The fraction of sp³-hybridized carbons (Fsp3) is 0.938. The first-order chi connectivity index (χ1) is 8.96. The molecule has 1 saturated heterocycles. The summed E-state index contributed by atoms with van der Waals surface area (Å²) in [6, 6.07) is 1.19. The molecule has 1 saturated carbocycles. The summed E-state index contributed by atoms with van der Waals surface area (Å²) in [6.07, 6.45) is 5.89. The maximum absolute atomic E-state index is 11.7. The number of carbonyl (C=O) groups is 1. The Morgan fingerprint density at radius 3 is 2.11 bits per heavy atom. The highest BCUT2D eigenvalue weighted by Crippen LogP contribution is 2.38. The van der Waals surface area contributed by atoms with Gasteiger partial charge in [-0.1, -0.05) is 6.92 Å². The molecule has 3 nitrogen and oxygen atoms in total. The van der Waals surface area contributed by atoms with Crippen LogP contribution in [0.25, 0.3) is 0 Å². The van der Waals surface area contributed by atoms with E-state index < -0.39 is 0 Å². The van der Waals surface area contributed by atoms with E-state index in [4.69, 9.17) is 0 Å². The molecule has 110 valence electrons. The van der Waals surface area contributed by atoms with E-state index in [-0.39, 0.29) is 5.41 Å². The van der Waals surface area contributed by atoms with Gasteiger partial charge < -0.3 is 4.79 Å². The van der Waals surface area contributed by atoms with Crippen molar-refractivity contribution < 1.29 is 4.79 Å². The van der Waals surface area contributed by atoms with Crippen molar-refractivity contribution in [3.63, 3.8) is 0 Å². The van der Waals surface area contributed by atoms with Gasteiger partial charge in [-0.3, -0.25) is 9.80 Å². The Kier molecular flexibility index (Phi) is 4.67. The van der Waals surface area contributed by atoms with Crippen molar-refractivity contribution in [2.75, 3.05) is 26.7 Å². The molecule has 2 aliphatic rings. The van der Waals surface area contributed by atoms with Crippen LogP contribution in [0.1, 0.15) is 46.5 Å². The van der Waals surface area contributed by atoms with Crippen molar-refractivity contribution in [2.45, 2.75) is 58.5 Å². The van der Waals surface area contributed by atoms with E-state index in [0.29, 0.717) is 12.1 Å². The molecular formula is C16H30N2O. The average molecular weight is 266 g/mol. The van der Waals surface area contributed by atoms with E-state index in [1.54, 1.807) is 0 Å². The predicted octanol–water partition coefficient (Wildman–Crippen LogP) is 2.41. The SMILES string of the molecule is CC1CCC(C=O)(CN2CC(C)N(C)C(C)C2)CC1. The van der Waals surface area contributed by atoms with Crippen molar-refractivity contribution in [1.29, 1.82) is 0 Å². The minimum Gasteiger partial charge on any atom is -0.303 e. The molecule has 2 unspecified atom stereocenters. The highest BCUT2D eigenvalue weighted by molar-refractivity contribution is 5.60. The number of aldehydes is 1. The van der Waals surface area contributed by atoms with Crippen LogP contribution in [0.2, 0.25) is 0 Å². The molecule has 19 heavy (non-hydrogen) atoms. The van der Waals surface area contributed by atoms with E-state index >= 15 is 0 Å². The molecule has 3 heteroatoms. The summed E-state index contributed by atoms with van der Waals surface area (Å²) in [5.41, 5.74) is -0.0537. The van der Waals surface area contributed by atoms with Crippen LogP contribution in [0.3, 0.4) is 0 Å². The van der Waals surface area contributed by atoms with E-state index in [1.165, 1.54) is 19.1 Å². The Bertz CT molecular complexity index is 298. The van der Waals surface area contributed by atoms with Crippen LogP contribution in [-0.4, -0.2) is 54.9 Å². The molecule has 2 atom stereocenters. The molecule has 0 N–H and O–H groups in total. The zero-order valence-electron chi connectivity index (χ0n) is 13.1. The van der Waals surface area contributed by atoms with Crippen molar-refractivity contribution >= 4 is 6.29 Å². The minimum absolute atomic E-state index is 0.0537. The number of carbonyl (C=O) groups excluding carboxylic acids is 1. The summed E-state index contributed by atoms with van der Waals surface area (Å²) in [6.45, 7) is 10.1. The molecule has 1 aliphatic heterocycles. The van der Waals surface area contributed by atoms with Crippen molar-refractivity contribution in [1.82, 2.24) is 9.80 Å². The summed E-state index contributed by atoms with van der Waals surface area (Å²) in [7, 11) is 2.21. The number of nitrogens with zero attached hydrogens (tertiary/aromatic N) is 2. The molecular weight excluding hydrogens is 236 g/mol. The summed E-state index contributed by atoms with van der Waals surface area (Å²) >= 11 is 0. The molecule has 2 fully saturated rings. The summed E-state index contributed by atoms with van der Waals surface area (Å²) in [5.74, 6) is 0.804. The van der Waals surface area contributed by atoms with Crippen molar-refractivity contribution in [3.05, 3.63) is 0 Å². The number of hydrogen-bond donors (Lipinski definition) is 0. The maximum Gasteiger partial charge on any atom is 0.127 e. The van der Waals surface area contributed by atoms with E-state index in [2.05, 4.69) is 37.6 Å². The van der Waals surface area contributed by atoms with Crippen LogP contribution < -0.4 is 0 Å². The minimum atomic E-state index is -0.0537. The molecule has 1 heterocycles. The molecule has 1 aliphatic carbocycles. The summed E-state index contributed by atoms with van der Waals surface area (Å²) in [4.78, 5) is 16.6. The Labute approximate surface area is 118 Å². The molecule has 0 spiro atoms. The van der Waals surface area contributed by atoms with Crippen molar-refractivity contribution in [2.24, 2.45) is 11.3 Å². The van der Waals surface area contributed by atoms with Gasteiger partial charge in [0.15, 0.2) is 0 Å². The molecule has 2 rings (SSSR count). The second-order valence-electron chi connectivity index (χ2n) is 7.22. The van der Waals surface area contributed by atoms with Gasteiger partial charge in [0.25, 0.3) is 0 Å². The van der Waals surface area contributed by atoms with Crippen LogP contribution in [0, 0.1) is 11.3 Å². The average Bonchev–Trinajstić information content (AvgIpc) is 2.39. The third-order valence-electron chi connectivity index (χ3n) is 5.49. The standard InChI is InChI=1S/C16H30N2O/c1-13-5-7-16(12-19,8-6-13)11-18-9-14(2)17(4)15(3)10-18/h12-15H,5-11H2,1-4H3. The van der Waals surface area contributed by atoms with Gasteiger partial charge in [0.05, 0.1) is 0 Å². The summed E-state index contributed by atoms with van der Waals surface area (Å²) in [5, 5.41) is 0. The third-order valence-corrected chi connectivity index (χ3v) is 5.49. The van der Waals surface area contributed by atoms with Crippen molar-refractivity contribution in [3.8, 4) is 0 Å². The van der Waals surface area contributed by atoms with Gasteiger partial charge in [0, 0.05) is 37.1 Å². The molecule has 0 aromatic carbocycles. The largest absolute Gasteiger partial charge is 0.303 e. The second-order valence-corrected chi connectivity index (χ2v) is 7.22. The lowest BCUT2D eigenvalue weighted by molar-refractivity contribution is -0.120. The van der Waals surface area contributed by atoms with Gasteiger partial charge >= 0.3 is 0 Å². The first-order valence-corrected chi connectivity index (χ1v) is 7.86. The van der Waals surface area contributed by atoms with Gasteiger partial charge in [-0.05, 0) is 52.5 Å². The Morgan fingerprint density at radius 1 is 1.11 bits per heavy atom. The third kappa shape index (κ3) is 3.38. The highest BCUT2D eigenvalue weighted by atomic mass is 16.1. The highest BCUT2D eigenvalue weighted by Gasteiger charge is 2.37. The van der Waals surface area contributed by atoms with Crippen LogP contribution in [-0.2, 0) is 4.79 Å². The first kappa shape index (κ1) is 15.0. The van der Waals surface area contributed by atoms with Crippen LogP contribution in [0.15, 0.2) is 0 Å². The van der Waals surface area contributed by atoms with Crippen LogP contribution in [0.5, 0.6) is 0 Å². The zero-order valence-corrected chi connectivity index (χ0v) is 13.1. The smallest absolute Gasteiger partial charge is 0.127 e. The Balaban J connectivity index is 1.97. The quantitative estimate of drug-likeness (QED) is 0.733. The van der Waals surface area contributed by atoms with Gasteiger partial charge in [0.1, 0.15) is 6.29 Å². The number of likely N-dealkylation sites (N-methyl/N-ethyl adjacent to an activating group) is 1.